The molecule has 0 aliphatic carbocycles. The number of ether oxygens (including phenoxy) is 1. The van der Waals surface area contributed by atoms with Gasteiger partial charge in [0.2, 0.25) is 0 Å². The molecule has 1 atom stereocenters. The van der Waals surface area contributed by atoms with Gasteiger partial charge in [-0.2, -0.15) is 0 Å². The van der Waals surface area contributed by atoms with Gasteiger partial charge in [0.05, 0.1) is 17.6 Å². The highest BCUT2D eigenvalue weighted by atomic mass is 16.5. The first-order chi connectivity index (χ1) is 12.1. The number of nitrogens with zero attached hydrogens (tertiary/aromatic N) is 2. The third-order valence-electron chi connectivity index (χ3n) is 4.59. The maximum absolute atomic E-state index is 10.5. The van der Waals surface area contributed by atoms with E-state index >= 15 is 0 Å². The molecule has 0 aliphatic rings. The first-order valence-electron chi connectivity index (χ1n) is 8.91. The van der Waals surface area contributed by atoms with E-state index in [0.717, 1.165) is 41.0 Å². The zero-order valence-electron chi connectivity index (χ0n) is 15.2. The lowest BCUT2D eigenvalue weighted by molar-refractivity contribution is 0.0923. The topological polar surface area (TPSA) is 47.3 Å². The zero-order chi connectivity index (χ0) is 17.8. The molecule has 0 fully saturated rings. The van der Waals surface area contributed by atoms with E-state index in [1.807, 2.05) is 37.3 Å². The van der Waals surface area contributed by atoms with Crippen LogP contribution < -0.4 is 4.74 Å². The van der Waals surface area contributed by atoms with E-state index < -0.39 is 6.10 Å². The predicted octanol–water partition coefficient (Wildman–Crippen LogP) is 4.05. The molecule has 4 nitrogen and oxygen atoms in total. The van der Waals surface area contributed by atoms with Gasteiger partial charge in [0.1, 0.15) is 24.3 Å². The molecule has 0 unspecified atom stereocenters. The highest BCUT2D eigenvalue weighted by Gasteiger charge is 2.14. The minimum Gasteiger partial charge on any atom is -0.491 e. The molecule has 132 valence electrons. The van der Waals surface area contributed by atoms with Crippen molar-refractivity contribution in [3.05, 3.63) is 59.4 Å². The quantitative estimate of drug-likeness (QED) is 0.707. The first-order valence-corrected chi connectivity index (χ1v) is 8.91. The summed E-state index contributed by atoms with van der Waals surface area (Å²) in [6.45, 7) is 7.00. The van der Waals surface area contributed by atoms with Crippen LogP contribution in [0.2, 0.25) is 0 Å². The molecule has 0 aliphatic heterocycles. The molecule has 0 saturated heterocycles. The van der Waals surface area contributed by atoms with E-state index in [1.54, 1.807) is 0 Å². The Morgan fingerprint density at radius 2 is 1.92 bits per heavy atom. The summed E-state index contributed by atoms with van der Waals surface area (Å²) in [6.07, 6.45) is 1.34. The Morgan fingerprint density at radius 3 is 2.72 bits per heavy atom. The molecule has 1 heterocycles. The third kappa shape index (κ3) is 3.85. The van der Waals surface area contributed by atoms with Crippen molar-refractivity contribution < 1.29 is 9.84 Å². The number of aliphatic hydroxyl groups is 1. The molecule has 0 amide bonds. The lowest BCUT2D eigenvalue weighted by atomic mass is 10.1. The Bertz CT molecular complexity index is 854. The zero-order valence-corrected chi connectivity index (χ0v) is 15.2. The van der Waals surface area contributed by atoms with Gasteiger partial charge in [0.25, 0.3) is 0 Å². The molecular weight excluding hydrogens is 312 g/mol. The van der Waals surface area contributed by atoms with E-state index in [1.165, 1.54) is 5.56 Å². The number of para-hydroxylation sites is 2. The molecule has 0 saturated carbocycles. The molecule has 0 radical (unpaired) electrons. The van der Waals surface area contributed by atoms with E-state index in [2.05, 4.69) is 30.5 Å². The van der Waals surface area contributed by atoms with Gasteiger partial charge in [0, 0.05) is 6.42 Å². The van der Waals surface area contributed by atoms with Gasteiger partial charge in [0.15, 0.2) is 0 Å². The maximum atomic E-state index is 10.5. The standard InChI is InChI=1S/C21H26N2O2/c1-4-8-21-22-18-10-5-6-11-19(18)23(21)13-17(24)14-25-20-12-7-9-15(2)16(20)3/h5-7,9-12,17,24H,4,8,13-14H2,1-3H3/t17-/m1/s1. The number of hydrogen-bond acceptors (Lipinski definition) is 3. The van der Waals surface area contributed by atoms with Crippen LogP contribution in [0.15, 0.2) is 42.5 Å². The highest BCUT2D eigenvalue weighted by molar-refractivity contribution is 5.75. The second-order valence-electron chi connectivity index (χ2n) is 6.54. The van der Waals surface area contributed by atoms with Gasteiger partial charge in [-0.25, -0.2) is 4.98 Å². The van der Waals surface area contributed by atoms with E-state index in [4.69, 9.17) is 9.72 Å². The SMILES string of the molecule is CCCc1nc2ccccc2n1C[C@@H](O)COc1cccc(C)c1C. The lowest BCUT2D eigenvalue weighted by Gasteiger charge is -2.17. The molecule has 0 bridgehead atoms. The molecule has 1 N–H and O–H groups in total. The van der Waals surface area contributed by atoms with Gasteiger partial charge in [-0.15, -0.1) is 0 Å². The van der Waals surface area contributed by atoms with Gasteiger partial charge in [-0.05, 0) is 49.6 Å². The Hall–Kier alpha value is -2.33. The fourth-order valence-electron chi connectivity index (χ4n) is 3.07. The molecular formula is C21H26N2O2. The number of fused-ring (bicyclic) bond motifs is 1. The van der Waals surface area contributed by atoms with Crippen LogP contribution in [-0.4, -0.2) is 27.4 Å². The summed E-state index contributed by atoms with van der Waals surface area (Å²) in [4.78, 5) is 4.71. The Morgan fingerprint density at radius 1 is 1.12 bits per heavy atom. The monoisotopic (exact) mass is 338 g/mol. The number of rotatable bonds is 7. The molecule has 3 rings (SSSR count). The average molecular weight is 338 g/mol. The fourth-order valence-corrected chi connectivity index (χ4v) is 3.07. The van der Waals surface area contributed by atoms with Crippen LogP contribution in [0.5, 0.6) is 5.75 Å². The maximum Gasteiger partial charge on any atom is 0.122 e. The van der Waals surface area contributed by atoms with Crippen LogP contribution in [0.4, 0.5) is 0 Å². The smallest absolute Gasteiger partial charge is 0.122 e. The van der Waals surface area contributed by atoms with Crippen molar-refractivity contribution in [2.24, 2.45) is 0 Å². The molecule has 3 aromatic rings. The van der Waals surface area contributed by atoms with Crippen LogP contribution in [0.3, 0.4) is 0 Å². The van der Waals surface area contributed by atoms with Crippen molar-refractivity contribution >= 4 is 11.0 Å². The van der Waals surface area contributed by atoms with Gasteiger partial charge >= 0.3 is 0 Å². The van der Waals surface area contributed by atoms with Crippen molar-refractivity contribution in [3.63, 3.8) is 0 Å². The second kappa shape index (κ2) is 7.70. The van der Waals surface area contributed by atoms with Crippen LogP contribution in [0.25, 0.3) is 11.0 Å². The van der Waals surface area contributed by atoms with Gasteiger partial charge < -0.3 is 14.4 Å². The normalized spacial score (nSPS) is 12.5. The minimum atomic E-state index is -0.590. The van der Waals surface area contributed by atoms with Gasteiger partial charge in [-0.1, -0.05) is 31.2 Å². The largest absolute Gasteiger partial charge is 0.491 e. The summed E-state index contributed by atoms with van der Waals surface area (Å²) < 4.78 is 7.98. The Balaban J connectivity index is 1.74. The third-order valence-corrected chi connectivity index (χ3v) is 4.59. The van der Waals surface area contributed by atoms with Crippen molar-refractivity contribution in [1.29, 1.82) is 0 Å². The summed E-state index contributed by atoms with van der Waals surface area (Å²) >= 11 is 0. The van der Waals surface area contributed by atoms with E-state index in [0.29, 0.717) is 6.54 Å². The average Bonchev–Trinajstić information content (AvgIpc) is 2.94. The van der Waals surface area contributed by atoms with Crippen molar-refractivity contribution in [2.45, 2.75) is 46.3 Å². The fraction of sp³-hybridized carbons (Fsp3) is 0.381. The Kier molecular flexibility index (Phi) is 5.39. The van der Waals surface area contributed by atoms with Crippen molar-refractivity contribution in [3.8, 4) is 5.75 Å². The summed E-state index contributed by atoms with van der Waals surface area (Å²) in [5, 5.41) is 10.5. The number of imidazole rings is 1. The molecule has 25 heavy (non-hydrogen) atoms. The number of aromatic nitrogens is 2. The summed E-state index contributed by atoms with van der Waals surface area (Å²) in [7, 11) is 0. The van der Waals surface area contributed by atoms with Gasteiger partial charge in [-0.3, -0.25) is 0 Å². The predicted molar refractivity (Wildman–Crippen MR) is 101 cm³/mol. The number of aliphatic hydroxyl groups excluding tert-OH is 1. The Labute approximate surface area is 149 Å². The van der Waals surface area contributed by atoms with Crippen LogP contribution in [0.1, 0.15) is 30.3 Å². The van der Waals surface area contributed by atoms with Crippen LogP contribution in [0, 0.1) is 13.8 Å². The van der Waals surface area contributed by atoms with Crippen LogP contribution in [-0.2, 0) is 13.0 Å². The van der Waals surface area contributed by atoms with E-state index in [-0.39, 0.29) is 6.61 Å². The van der Waals surface area contributed by atoms with Crippen molar-refractivity contribution in [2.75, 3.05) is 6.61 Å². The highest BCUT2D eigenvalue weighted by Crippen LogP contribution is 2.21. The van der Waals surface area contributed by atoms with Crippen molar-refractivity contribution in [1.82, 2.24) is 9.55 Å². The number of benzene rings is 2. The summed E-state index contributed by atoms with van der Waals surface area (Å²) in [5.74, 6) is 1.86. The lowest BCUT2D eigenvalue weighted by Crippen LogP contribution is -2.24. The molecule has 4 heteroatoms. The molecule has 0 spiro atoms. The summed E-state index contributed by atoms with van der Waals surface area (Å²) in [5.41, 5.74) is 4.36. The first kappa shape index (κ1) is 17.5. The minimum absolute atomic E-state index is 0.266. The molecule has 2 aromatic carbocycles. The summed E-state index contributed by atoms with van der Waals surface area (Å²) in [6, 6.07) is 14.1. The van der Waals surface area contributed by atoms with Crippen LogP contribution >= 0.6 is 0 Å². The number of hydrogen-bond donors (Lipinski definition) is 1. The molecule has 1 aromatic heterocycles. The van der Waals surface area contributed by atoms with E-state index in [9.17, 15) is 5.11 Å². The number of aryl methyl sites for hydroxylation is 2. The second-order valence-corrected chi connectivity index (χ2v) is 6.54.